The molecule has 0 saturated heterocycles. The van der Waals surface area contributed by atoms with Crippen LogP contribution in [0.2, 0.25) is 0 Å². The molecule has 14 heavy (non-hydrogen) atoms. The SMILES string of the molecule is CCCC(O)CN(C)c1ccccc1. The third kappa shape index (κ3) is 3.38. The van der Waals surface area contributed by atoms with Crippen LogP contribution in [0.4, 0.5) is 5.69 Å². The summed E-state index contributed by atoms with van der Waals surface area (Å²) >= 11 is 0. The predicted octanol–water partition coefficient (Wildman–Crippen LogP) is 2.28. The molecule has 1 N–H and O–H groups in total. The van der Waals surface area contributed by atoms with E-state index in [9.17, 15) is 5.11 Å². The maximum absolute atomic E-state index is 9.64. The van der Waals surface area contributed by atoms with Crippen LogP contribution >= 0.6 is 0 Å². The Morgan fingerprint density at radius 3 is 2.50 bits per heavy atom. The molecule has 0 spiro atoms. The molecule has 78 valence electrons. The van der Waals surface area contributed by atoms with E-state index in [1.165, 1.54) is 0 Å². The topological polar surface area (TPSA) is 23.5 Å². The van der Waals surface area contributed by atoms with E-state index in [1.807, 2.05) is 25.2 Å². The normalized spacial score (nSPS) is 12.5. The van der Waals surface area contributed by atoms with Crippen molar-refractivity contribution in [3.05, 3.63) is 30.3 Å². The first kappa shape index (κ1) is 11.1. The van der Waals surface area contributed by atoms with E-state index >= 15 is 0 Å². The molecule has 0 aliphatic heterocycles. The van der Waals surface area contributed by atoms with Crippen molar-refractivity contribution in [1.82, 2.24) is 0 Å². The zero-order valence-electron chi connectivity index (χ0n) is 8.98. The highest BCUT2D eigenvalue weighted by atomic mass is 16.3. The van der Waals surface area contributed by atoms with E-state index in [0.29, 0.717) is 6.54 Å². The van der Waals surface area contributed by atoms with Gasteiger partial charge in [0.2, 0.25) is 0 Å². The fraction of sp³-hybridized carbons (Fsp3) is 0.500. The first-order chi connectivity index (χ1) is 6.74. The molecule has 0 fully saturated rings. The second-order valence-corrected chi connectivity index (χ2v) is 3.66. The Hall–Kier alpha value is -1.02. The van der Waals surface area contributed by atoms with Gasteiger partial charge in [0.05, 0.1) is 6.10 Å². The summed E-state index contributed by atoms with van der Waals surface area (Å²) in [7, 11) is 2.01. The monoisotopic (exact) mass is 193 g/mol. The van der Waals surface area contributed by atoms with E-state index in [0.717, 1.165) is 18.5 Å². The molecular weight excluding hydrogens is 174 g/mol. The summed E-state index contributed by atoms with van der Waals surface area (Å²) < 4.78 is 0. The summed E-state index contributed by atoms with van der Waals surface area (Å²) in [6, 6.07) is 10.1. The van der Waals surface area contributed by atoms with E-state index in [2.05, 4.69) is 24.0 Å². The smallest absolute Gasteiger partial charge is 0.0714 e. The van der Waals surface area contributed by atoms with Crippen molar-refractivity contribution in [2.24, 2.45) is 0 Å². The molecule has 0 radical (unpaired) electrons. The second kappa shape index (κ2) is 5.66. The summed E-state index contributed by atoms with van der Waals surface area (Å²) in [5, 5.41) is 9.64. The number of aliphatic hydroxyl groups excluding tert-OH is 1. The average molecular weight is 193 g/mol. The van der Waals surface area contributed by atoms with Crippen molar-refractivity contribution in [2.45, 2.75) is 25.9 Å². The summed E-state index contributed by atoms with van der Waals surface area (Å²) in [6.07, 6.45) is 1.69. The van der Waals surface area contributed by atoms with Crippen LogP contribution in [0, 0.1) is 0 Å². The largest absolute Gasteiger partial charge is 0.391 e. The highest BCUT2D eigenvalue weighted by Crippen LogP contribution is 2.12. The fourth-order valence-corrected chi connectivity index (χ4v) is 1.53. The Kier molecular flexibility index (Phi) is 4.47. The number of anilines is 1. The molecule has 1 aromatic rings. The summed E-state index contributed by atoms with van der Waals surface area (Å²) in [4.78, 5) is 2.08. The number of hydrogen-bond acceptors (Lipinski definition) is 2. The van der Waals surface area contributed by atoms with E-state index in [4.69, 9.17) is 0 Å². The van der Waals surface area contributed by atoms with Gasteiger partial charge in [-0.05, 0) is 18.6 Å². The molecule has 2 nitrogen and oxygen atoms in total. The number of rotatable bonds is 5. The molecule has 0 amide bonds. The van der Waals surface area contributed by atoms with E-state index in [1.54, 1.807) is 0 Å². The number of para-hydroxylation sites is 1. The summed E-state index contributed by atoms with van der Waals surface area (Å²) in [5.74, 6) is 0. The van der Waals surface area contributed by atoms with E-state index < -0.39 is 0 Å². The molecule has 0 heterocycles. The number of likely N-dealkylation sites (N-methyl/N-ethyl adjacent to an activating group) is 1. The van der Waals surface area contributed by atoms with Gasteiger partial charge in [-0.25, -0.2) is 0 Å². The van der Waals surface area contributed by atoms with Crippen LogP contribution in [0.1, 0.15) is 19.8 Å². The lowest BCUT2D eigenvalue weighted by molar-refractivity contribution is 0.170. The van der Waals surface area contributed by atoms with Gasteiger partial charge in [-0.2, -0.15) is 0 Å². The Morgan fingerprint density at radius 1 is 1.29 bits per heavy atom. The van der Waals surface area contributed by atoms with Crippen molar-refractivity contribution in [1.29, 1.82) is 0 Å². The zero-order chi connectivity index (χ0) is 10.4. The molecule has 1 atom stereocenters. The Morgan fingerprint density at radius 2 is 1.93 bits per heavy atom. The van der Waals surface area contributed by atoms with Crippen LogP contribution in [-0.4, -0.2) is 24.8 Å². The zero-order valence-corrected chi connectivity index (χ0v) is 8.98. The molecule has 0 aliphatic rings. The van der Waals surface area contributed by atoms with Crippen molar-refractivity contribution >= 4 is 5.69 Å². The minimum atomic E-state index is -0.217. The van der Waals surface area contributed by atoms with Crippen molar-refractivity contribution in [2.75, 3.05) is 18.5 Å². The number of benzene rings is 1. The van der Waals surface area contributed by atoms with Crippen molar-refractivity contribution in [3.8, 4) is 0 Å². The molecule has 0 bridgehead atoms. The molecule has 1 rings (SSSR count). The van der Waals surface area contributed by atoms with Gasteiger partial charge in [0.1, 0.15) is 0 Å². The lowest BCUT2D eigenvalue weighted by Gasteiger charge is -2.22. The van der Waals surface area contributed by atoms with Crippen LogP contribution in [0.5, 0.6) is 0 Å². The number of hydrogen-bond donors (Lipinski definition) is 1. The van der Waals surface area contributed by atoms with Gasteiger partial charge in [-0.15, -0.1) is 0 Å². The Balaban J connectivity index is 2.46. The lowest BCUT2D eigenvalue weighted by atomic mass is 10.2. The molecule has 1 unspecified atom stereocenters. The van der Waals surface area contributed by atoms with Crippen LogP contribution in [0.3, 0.4) is 0 Å². The molecule has 1 aromatic carbocycles. The first-order valence-corrected chi connectivity index (χ1v) is 5.18. The number of nitrogens with zero attached hydrogens (tertiary/aromatic N) is 1. The molecular formula is C12H19NO. The van der Waals surface area contributed by atoms with Crippen molar-refractivity contribution in [3.63, 3.8) is 0 Å². The van der Waals surface area contributed by atoms with Gasteiger partial charge in [0.25, 0.3) is 0 Å². The van der Waals surface area contributed by atoms with Gasteiger partial charge in [0, 0.05) is 19.3 Å². The predicted molar refractivity (Wildman–Crippen MR) is 60.6 cm³/mol. The maximum Gasteiger partial charge on any atom is 0.0714 e. The minimum absolute atomic E-state index is 0.217. The van der Waals surface area contributed by atoms with Crippen LogP contribution in [0.15, 0.2) is 30.3 Å². The standard InChI is InChI=1S/C12H19NO/c1-3-7-12(14)10-13(2)11-8-5-4-6-9-11/h4-6,8-9,12,14H,3,7,10H2,1-2H3. The Labute approximate surface area is 86.2 Å². The quantitative estimate of drug-likeness (QED) is 0.775. The summed E-state index contributed by atoms with van der Waals surface area (Å²) in [5.41, 5.74) is 1.16. The Bertz CT molecular complexity index is 248. The molecule has 2 heteroatoms. The number of aliphatic hydroxyl groups is 1. The first-order valence-electron chi connectivity index (χ1n) is 5.18. The van der Waals surface area contributed by atoms with Gasteiger partial charge < -0.3 is 10.0 Å². The lowest BCUT2D eigenvalue weighted by Crippen LogP contribution is -2.28. The highest BCUT2D eigenvalue weighted by Gasteiger charge is 2.06. The minimum Gasteiger partial charge on any atom is -0.391 e. The van der Waals surface area contributed by atoms with Gasteiger partial charge in [-0.3, -0.25) is 0 Å². The molecule has 0 aliphatic carbocycles. The third-order valence-electron chi connectivity index (χ3n) is 2.30. The van der Waals surface area contributed by atoms with Crippen molar-refractivity contribution < 1.29 is 5.11 Å². The maximum atomic E-state index is 9.64. The second-order valence-electron chi connectivity index (χ2n) is 3.66. The molecule has 0 saturated carbocycles. The van der Waals surface area contributed by atoms with E-state index in [-0.39, 0.29) is 6.10 Å². The van der Waals surface area contributed by atoms with Crippen LogP contribution in [0.25, 0.3) is 0 Å². The van der Waals surface area contributed by atoms with Gasteiger partial charge >= 0.3 is 0 Å². The van der Waals surface area contributed by atoms with Gasteiger partial charge in [-0.1, -0.05) is 31.5 Å². The summed E-state index contributed by atoms with van der Waals surface area (Å²) in [6.45, 7) is 2.80. The fourth-order valence-electron chi connectivity index (χ4n) is 1.53. The van der Waals surface area contributed by atoms with Crippen LogP contribution < -0.4 is 4.90 Å². The molecule has 0 aromatic heterocycles. The third-order valence-corrected chi connectivity index (χ3v) is 2.30. The van der Waals surface area contributed by atoms with Crippen LogP contribution in [-0.2, 0) is 0 Å². The highest BCUT2D eigenvalue weighted by molar-refractivity contribution is 5.45. The van der Waals surface area contributed by atoms with Gasteiger partial charge in [0.15, 0.2) is 0 Å². The average Bonchev–Trinajstić information content (AvgIpc) is 2.19.